The van der Waals surface area contributed by atoms with Gasteiger partial charge < -0.3 is 14.8 Å². The Morgan fingerprint density at radius 3 is 2.78 bits per heavy atom. The quantitative estimate of drug-likeness (QED) is 0.876. The summed E-state index contributed by atoms with van der Waals surface area (Å²) in [6.07, 6.45) is 3.86. The molecule has 142 valence electrons. The van der Waals surface area contributed by atoms with Gasteiger partial charge in [-0.1, -0.05) is 30.7 Å². The van der Waals surface area contributed by atoms with Crippen molar-refractivity contribution >= 4 is 5.91 Å². The number of nitrogens with one attached hydrogen (secondary N) is 1. The van der Waals surface area contributed by atoms with Crippen LogP contribution in [0.15, 0.2) is 42.5 Å². The largest absolute Gasteiger partial charge is 0.454 e. The Balaban J connectivity index is 1.41. The molecule has 1 N–H and O–H groups in total. The van der Waals surface area contributed by atoms with Gasteiger partial charge in [-0.2, -0.15) is 0 Å². The Bertz CT molecular complexity index is 821. The van der Waals surface area contributed by atoms with Gasteiger partial charge >= 0.3 is 0 Å². The van der Waals surface area contributed by atoms with Crippen LogP contribution < -0.4 is 14.8 Å². The molecule has 2 heterocycles. The number of ether oxygens (including phenoxy) is 2. The van der Waals surface area contributed by atoms with Crippen LogP contribution in [0.3, 0.4) is 0 Å². The minimum absolute atomic E-state index is 0.102. The number of benzene rings is 2. The molecule has 0 radical (unpaired) electrons. The average Bonchev–Trinajstić information content (AvgIpc) is 3.16. The third-order valence-electron chi connectivity index (χ3n) is 5.51. The number of nitrogens with zero attached hydrogens (tertiary/aromatic N) is 1. The van der Waals surface area contributed by atoms with Crippen LogP contribution in [-0.4, -0.2) is 30.2 Å². The van der Waals surface area contributed by atoms with E-state index in [0.29, 0.717) is 29.6 Å². The van der Waals surface area contributed by atoms with Gasteiger partial charge in [-0.15, -0.1) is 0 Å². The highest BCUT2D eigenvalue weighted by molar-refractivity contribution is 5.94. The van der Waals surface area contributed by atoms with Crippen molar-refractivity contribution < 1.29 is 14.3 Å². The van der Waals surface area contributed by atoms with E-state index < -0.39 is 0 Å². The second-order valence-electron chi connectivity index (χ2n) is 7.33. The fourth-order valence-electron chi connectivity index (χ4n) is 3.81. The van der Waals surface area contributed by atoms with Gasteiger partial charge in [0.2, 0.25) is 6.79 Å². The van der Waals surface area contributed by atoms with Gasteiger partial charge in [0.15, 0.2) is 11.5 Å². The maximum atomic E-state index is 12.6. The first-order valence-electron chi connectivity index (χ1n) is 9.69. The number of hydrogen-bond acceptors (Lipinski definition) is 4. The molecule has 0 aromatic heterocycles. The molecule has 1 atom stereocenters. The highest BCUT2D eigenvalue weighted by Crippen LogP contribution is 2.32. The van der Waals surface area contributed by atoms with E-state index in [-0.39, 0.29) is 12.7 Å². The summed E-state index contributed by atoms with van der Waals surface area (Å²) in [5.41, 5.74) is 3.04. The molecule has 5 nitrogen and oxygen atoms in total. The van der Waals surface area contributed by atoms with E-state index in [1.165, 1.54) is 30.4 Å². The Morgan fingerprint density at radius 2 is 1.93 bits per heavy atom. The van der Waals surface area contributed by atoms with Gasteiger partial charge in [0.05, 0.1) is 0 Å². The van der Waals surface area contributed by atoms with Crippen LogP contribution in [0.25, 0.3) is 0 Å². The summed E-state index contributed by atoms with van der Waals surface area (Å²) in [5, 5.41) is 3.04. The number of fused-ring (bicyclic) bond motifs is 1. The number of carbonyl (C=O) groups excluding carboxylic acids is 1. The summed E-state index contributed by atoms with van der Waals surface area (Å²) in [6.45, 7) is 5.13. The van der Waals surface area contributed by atoms with E-state index in [4.69, 9.17) is 9.47 Å². The molecule has 0 bridgehead atoms. The maximum absolute atomic E-state index is 12.6. The van der Waals surface area contributed by atoms with Gasteiger partial charge in [0.1, 0.15) is 0 Å². The fourth-order valence-corrected chi connectivity index (χ4v) is 3.81. The summed E-state index contributed by atoms with van der Waals surface area (Å²) in [6, 6.07) is 14.3. The van der Waals surface area contributed by atoms with Crippen LogP contribution in [0, 0.1) is 0 Å². The van der Waals surface area contributed by atoms with Gasteiger partial charge in [-0.05, 0) is 55.6 Å². The molecule has 5 heteroatoms. The molecule has 0 saturated carbocycles. The molecule has 0 aliphatic carbocycles. The van der Waals surface area contributed by atoms with E-state index in [2.05, 4.69) is 35.3 Å². The number of likely N-dealkylation sites (tertiary alicyclic amines) is 1. The molecule has 1 fully saturated rings. The van der Waals surface area contributed by atoms with Crippen molar-refractivity contribution in [2.75, 3.05) is 13.3 Å². The molecule has 27 heavy (non-hydrogen) atoms. The second kappa shape index (κ2) is 8.01. The normalized spacial score (nSPS) is 19.1. The minimum Gasteiger partial charge on any atom is -0.454 e. The van der Waals surface area contributed by atoms with Crippen molar-refractivity contribution in [3.05, 3.63) is 59.2 Å². The van der Waals surface area contributed by atoms with Crippen molar-refractivity contribution in [2.45, 2.75) is 45.3 Å². The van der Waals surface area contributed by atoms with Gasteiger partial charge in [0, 0.05) is 24.7 Å². The zero-order chi connectivity index (χ0) is 18.6. The molecule has 0 spiro atoms. The lowest BCUT2D eigenvalue weighted by Crippen LogP contribution is -2.37. The van der Waals surface area contributed by atoms with Crippen LogP contribution in [0.4, 0.5) is 0 Å². The van der Waals surface area contributed by atoms with E-state index in [0.717, 1.165) is 13.1 Å². The molecule has 2 aromatic rings. The molecule has 4 rings (SSSR count). The molecular weight excluding hydrogens is 340 g/mol. The van der Waals surface area contributed by atoms with E-state index >= 15 is 0 Å². The minimum atomic E-state index is -0.102. The standard InChI is InChI=1S/C22H26N2O3/c1-16-6-4-5-11-24(16)14-19-8-3-2-7-18(19)13-23-22(25)17-9-10-20-21(12-17)27-15-26-20/h2-3,7-10,12,16H,4-6,11,13-15H2,1H3,(H,23,25). The summed E-state index contributed by atoms with van der Waals surface area (Å²) in [5.74, 6) is 1.21. The molecule has 1 unspecified atom stereocenters. The van der Waals surface area contributed by atoms with Crippen LogP contribution in [0.5, 0.6) is 11.5 Å². The van der Waals surface area contributed by atoms with E-state index in [1.54, 1.807) is 18.2 Å². The van der Waals surface area contributed by atoms with E-state index in [1.807, 2.05) is 6.07 Å². The zero-order valence-electron chi connectivity index (χ0n) is 15.7. The number of carbonyl (C=O) groups is 1. The lowest BCUT2D eigenvalue weighted by molar-refractivity contribution is 0.0950. The van der Waals surface area contributed by atoms with Crippen LogP contribution >= 0.6 is 0 Å². The summed E-state index contributed by atoms with van der Waals surface area (Å²) in [4.78, 5) is 15.1. The Morgan fingerprint density at radius 1 is 1.11 bits per heavy atom. The predicted octanol–water partition coefficient (Wildman–Crippen LogP) is 3.72. The first-order chi connectivity index (χ1) is 13.2. The highest BCUT2D eigenvalue weighted by Gasteiger charge is 2.20. The molecule has 2 aliphatic heterocycles. The van der Waals surface area contributed by atoms with Crippen molar-refractivity contribution in [1.29, 1.82) is 0 Å². The van der Waals surface area contributed by atoms with Gasteiger partial charge in [0.25, 0.3) is 5.91 Å². The van der Waals surface area contributed by atoms with Crippen molar-refractivity contribution in [1.82, 2.24) is 10.2 Å². The molecular formula is C22H26N2O3. The van der Waals surface area contributed by atoms with Crippen molar-refractivity contribution in [3.8, 4) is 11.5 Å². The first kappa shape index (κ1) is 17.9. The van der Waals surface area contributed by atoms with Crippen LogP contribution in [0.1, 0.15) is 47.7 Å². The lowest BCUT2D eigenvalue weighted by Gasteiger charge is -2.33. The van der Waals surface area contributed by atoms with E-state index in [9.17, 15) is 4.79 Å². The zero-order valence-corrected chi connectivity index (χ0v) is 15.7. The highest BCUT2D eigenvalue weighted by atomic mass is 16.7. The SMILES string of the molecule is CC1CCCCN1Cc1ccccc1CNC(=O)c1ccc2c(c1)OCO2. The Labute approximate surface area is 160 Å². The summed E-state index contributed by atoms with van der Waals surface area (Å²) >= 11 is 0. The topological polar surface area (TPSA) is 50.8 Å². The first-order valence-corrected chi connectivity index (χ1v) is 9.69. The number of amides is 1. The van der Waals surface area contributed by atoms with Crippen LogP contribution in [-0.2, 0) is 13.1 Å². The molecule has 1 saturated heterocycles. The van der Waals surface area contributed by atoms with Crippen LogP contribution in [0.2, 0.25) is 0 Å². The predicted molar refractivity (Wildman–Crippen MR) is 104 cm³/mol. The van der Waals surface area contributed by atoms with Crippen molar-refractivity contribution in [2.24, 2.45) is 0 Å². The summed E-state index contributed by atoms with van der Waals surface area (Å²) in [7, 11) is 0. The molecule has 1 amide bonds. The fraction of sp³-hybridized carbons (Fsp3) is 0.409. The van der Waals surface area contributed by atoms with Gasteiger partial charge in [-0.25, -0.2) is 0 Å². The van der Waals surface area contributed by atoms with Crippen molar-refractivity contribution in [3.63, 3.8) is 0 Å². The average molecular weight is 366 g/mol. The number of hydrogen-bond donors (Lipinski definition) is 1. The van der Waals surface area contributed by atoms with Gasteiger partial charge in [-0.3, -0.25) is 9.69 Å². The third kappa shape index (κ3) is 4.08. The summed E-state index contributed by atoms with van der Waals surface area (Å²) < 4.78 is 10.7. The lowest BCUT2D eigenvalue weighted by atomic mass is 10.0. The monoisotopic (exact) mass is 366 g/mol. The number of rotatable bonds is 5. The maximum Gasteiger partial charge on any atom is 0.251 e. The second-order valence-corrected chi connectivity index (χ2v) is 7.33. The Kier molecular flexibility index (Phi) is 5.30. The molecule has 2 aromatic carbocycles. The number of piperidine rings is 1. The smallest absolute Gasteiger partial charge is 0.251 e. The third-order valence-corrected chi connectivity index (χ3v) is 5.51. The Hall–Kier alpha value is -2.53. The molecule has 2 aliphatic rings.